The van der Waals surface area contributed by atoms with Gasteiger partial charge in [0.25, 0.3) is 0 Å². The maximum Gasteiger partial charge on any atom is 0.238 e. The average molecular weight is 631 g/mol. The summed E-state index contributed by atoms with van der Waals surface area (Å²) in [7, 11) is 0. The highest BCUT2D eigenvalue weighted by Crippen LogP contribution is 2.51. The molecule has 10 rings (SSSR count). The van der Waals surface area contributed by atoms with Crippen molar-refractivity contribution in [1.82, 2.24) is 19.5 Å². The van der Waals surface area contributed by atoms with Gasteiger partial charge in [-0.1, -0.05) is 117 Å². The van der Waals surface area contributed by atoms with Crippen molar-refractivity contribution in [1.29, 1.82) is 0 Å². The Morgan fingerprint density at radius 2 is 1.16 bits per heavy atom. The lowest BCUT2D eigenvalue weighted by Crippen LogP contribution is -2.15. The van der Waals surface area contributed by atoms with Gasteiger partial charge in [-0.3, -0.25) is 4.57 Å². The van der Waals surface area contributed by atoms with Gasteiger partial charge in [0.2, 0.25) is 5.95 Å². The Balaban J connectivity index is 1.29. The number of fused-ring (bicyclic) bond motifs is 7. The molecule has 0 bridgehead atoms. The molecule has 5 nitrogen and oxygen atoms in total. The first kappa shape index (κ1) is 27.8. The normalized spacial score (nSPS) is 13.3. The summed E-state index contributed by atoms with van der Waals surface area (Å²) in [6.45, 7) is 4.64. The van der Waals surface area contributed by atoms with Gasteiger partial charge in [0.15, 0.2) is 11.6 Å². The van der Waals surface area contributed by atoms with E-state index in [0.29, 0.717) is 17.6 Å². The third-order valence-corrected chi connectivity index (χ3v) is 10.1. The third kappa shape index (κ3) is 4.22. The number of rotatable bonds is 4. The monoisotopic (exact) mass is 630 g/mol. The van der Waals surface area contributed by atoms with Crippen molar-refractivity contribution in [3.63, 3.8) is 0 Å². The van der Waals surface area contributed by atoms with Crippen LogP contribution in [-0.4, -0.2) is 19.5 Å². The fourth-order valence-electron chi connectivity index (χ4n) is 7.60. The topological polar surface area (TPSA) is 56.7 Å². The van der Waals surface area contributed by atoms with Gasteiger partial charge >= 0.3 is 0 Å². The Morgan fingerprint density at radius 1 is 0.510 bits per heavy atom. The van der Waals surface area contributed by atoms with Crippen LogP contribution in [0.4, 0.5) is 0 Å². The number of para-hydroxylation sites is 1. The van der Waals surface area contributed by atoms with Crippen molar-refractivity contribution >= 4 is 32.8 Å². The number of furan rings is 1. The highest BCUT2D eigenvalue weighted by molar-refractivity contribution is 6.12. The molecule has 1 aliphatic carbocycles. The Morgan fingerprint density at radius 3 is 1.90 bits per heavy atom. The van der Waals surface area contributed by atoms with Crippen LogP contribution in [0.2, 0.25) is 0 Å². The van der Waals surface area contributed by atoms with E-state index in [4.69, 9.17) is 19.4 Å². The second kappa shape index (κ2) is 10.3. The number of aromatic nitrogens is 4. The molecule has 0 atom stereocenters. The molecular formula is C44H30N4O. The van der Waals surface area contributed by atoms with E-state index in [9.17, 15) is 0 Å². The summed E-state index contributed by atoms with van der Waals surface area (Å²) in [5.41, 5.74) is 10.9. The van der Waals surface area contributed by atoms with Crippen LogP contribution in [0.3, 0.4) is 0 Å². The van der Waals surface area contributed by atoms with Gasteiger partial charge in [-0.25, -0.2) is 4.98 Å². The van der Waals surface area contributed by atoms with Crippen LogP contribution in [0, 0.1) is 0 Å². The fourth-order valence-corrected chi connectivity index (χ4v) is 7.60. The van der Waals surface area contributed by atoms with Gasteiger partial charge in [-0.2, -0.15) is 9.97 Å². The molecule has 0 aliphatic heterocycles. The lowest BCUT2D eigenvalue weighted by Gasteiger charge is -2.21. The van der Waals surface area contributed by atoms with E-state index in [1.54, 1.807) is 0 Å². The van der Waals surface area contributed by atoms with Crippen molar-refractivity contribution in [2.24, 2.45) is 0 Å². The molecule has 9 aromatic rings. The highest BCUT2D eigenvalue weighted by atomic mass is 16.3. The third-order valence-electron chi connectivity index (χ3n) is 10.1. The number of hydrogen-bond donors (Lipinski definition) is 0. The number of benzene rings is 6. The molecule has 49 heavy (non-hydrogen) atoms. The van der Waals surface area contributed by atoms with Crippen LogP contribution in [0.15, 0.2) is 150 Å². The van der Waals surface area contributed by atoms with E-state index >= 15 is 0 Å². The minimum absolute atomic E-state index is 0.162. The summed E-state index contributed by atoms with van der Waals surface area (Å²) in [5.74, 6) is 2.69. The standard InChI is InChI=1S/C44H30N4O/c1-44(2)35-19-11-10-18-31(35)32-25-34-33-23-30(40-24-29-17-9-12-20-39(29)49-40)21-22-37(33)48(38(34)26-36(32)44)43-46-41(27-13-5-3-6-14-27)45-42(47-43)28-15-7-4-8-16-28/h3-26H,1-2H3. The van der Waals surface area contributed by atoms with Gasteiger partial charge in [0, 0.05) is 38.3 Å². The lowest BCUT2D eigenvalue weighted by atomic mass is 9.82. The zero-order chi connectivity index (χ0) is 32.7. The van der Waals surface area contributed by atoms with Gasteiger partial charge < -0.3 is 4.42 Å². The molecule has 5 heteroatoms. The molecule has 6 aromatic carbocycles. The summed E-state index contributed by atoms with van der Waals surface area (Å²) < 4.78 is 8.56. The SMILES string of the molecule is CC1(C)c2ccccc2-c2cc3c4cc(-c5cc6ccccc6o5)ccc4n(-c4nc(-c5ccccc5)nc(-c5ccccc5)n4)c3cc21. The fraction of sp³-hybridized carbons (Fsp3) is 0.0682. The summed E-state index contributed by atoms with van der Waals surface area (Å²) in [5, 5.41) is 3.34. The Labute approximate surface area is 283 Å². The molecule has 0 spiro atoms. The quantitative estimate of drug-likeness (QED) is 0.194. The van der Waals surface area contributed by atoms with Crippen molar-refractivity contribution < 1.29 is 4.42 Å². The molecule has 3 aromatic heterocycles. The lowest BCUT2D eigenvalue weighted by molar-refractivity contribution is 0.631. The van der Waals surface area contributed by atoms with Crippen molar-refractivity contribution in [2.75, 3.05) is 0 Å². The van der Waals surface area contributed by atoms with Gasteiger partial charge in [-0.05, 0) is 64.7 Å². The smallest absolute Gasteiger partial charge is 0.238 e. The van der Waals surface area contributed by atoms with Gasteiger partial charge in [-0.15, -0.1) is 0 Å². The Hall–Kier alpha value is -6.33. The molecular weight excluding hydrogens is 601 g/mol. The summed E-state index contributed by atoms with van der Waals surface area (Å²) in [6.07, 6.45) is 0. The van der Waals surface area contributed by atoms with E-state index < -0.39 is 0 Å². The second-order valence-corrected chi connectivity index (χ2v) is 13.3. The molecule has 232 valence electrons. The zero-order valence-corrected chi connectivity index (χ0v) is 27.1. The van der Waals surface area contributed by atoms with Crippen molar-refractivity contribution in [2.45, 2.75) is 19.3 Å². The van der Waals surface area contributed by atoms with Crippen molar-refractivity contribution in [3.05, 3.63) is 157 Å². The predicted octanol–water partition coefficient (Wildman–Crippen LogP) is 11.0. The maximum absolute atomic E-state index is 6.34. The first-order chi connectivity index (χ1) is 24.0. The molecule has 0 amide bonds. The second-order valence-electron chi connectivity index (χ2n) is 13.3. The minimum Gasteiger partial charge on any atom is -0.456 e. The molecule has 0 unspecified atom stereocenters. The van der Waals surface area contributed by atoms with Crippen LogP contribution in [0.1, 0.15) is 25.0 Å². The van der Waals surface area contributed by atoms with Gasteiger partial charge in [0.05, 0.1) is 11.0 Å². The van der Waals surface area contributed by atoms with Gasteiger partial charge in [0.1, 0.15) is 11.3 Å². The first-order valence-electron chi connectivity index (χ1n) is 16.6. The molecule has 0 fully saturated rings. The van der Waals surface area contributed by atoms with E-state index in [-0.39, 0.29) is 5.41 Å². The number of nitrogens with zero attached hydrogens (tertiary/aromatic N) is 4. The van der Waals surface area contributed by atoms with Crippen LogP contribution in [0.5, 0.6) is 0 Å². The van der Waals surface area contributed by atoms with Crippen LogP contribution >= 0.6 is 0 Å². The van der Waals surface area contributed by atoms with Crippen LogP contribution in [-0.2, 0) is 5.41 Å². The highest BCUT2D eigenvalue weighted by Gasteiger charge is 2.36. The van der Waals surface area contributed by atoms with E-state index in [0.717, 1.165) is 55.2 Å². The summed E-state index contributed by atoms with van der Waals surface area (Å²) >= 11 is 0. The molecule has 0 radical (unpaired) electrons. The van der Waals surface area contributed by atoms with Crippen LogP contribution < -0.4 is 0 Å². The maximum atomic E-state index is 6.34. The first-order valence-corrected chi connectivity index (χ1v) is 16.6. The molecule has 1 aliphatic rings. The molecule has 0 saturated carbocycles. The summed E-state index contributed by atoms with van der Waals surface area (Å²) in [4.78, 5) is 15.3. The molecule has 3 heterocycles. The van der Waals surface area contributed by atoms with E-state index in [1.807, 2.05) is 78.9 Å². The predicted molar refractivity (Wildman–Crippen MR) is 198 cm³/mol. The van der Waals surface area contributed by atoms with Crippen LogP contribution in [0.25, 0.3) is 83.9 Å². The number of hydrogen-bond acceptors (Lipinski definition) is 4. The molecule has 0 saturated heterocycles. The summed E-state index contributed by atoms with van der Waals surface area (Å²) in [6, 6.07) is 50.6. The minimum atomic E-state index is -0.162. The van der Waals surface area contributed by atoms with Crippen molar-refractivity contribution in [3.8, 4) is 51.2 Å². The average Bonchev–Trinajstić information content (AvgIpc) is 3.80. The molecule has 0 N–H and O–H groups in total. The largest absolute Gasteiger partial charge is 0.456 e. The Bertz CT molecular complexity index is 2650. The van der Waals surface area contributed by atoms with E-state index in [1.165, 1.54) is 22.3 Å². The Kier molecular flexibility index (Phi) is 5.85. The van der Waals surface area contributed by atoms with E-state index in [2.05, 4.69) is 85.1 Å². The zero-order valence-electron chi connectivity index (χ0n) is 27.1.